The number of nitrogens with zero attached hydrogens (tertiary/aromatic N) is 1. The third kappa shape index (κ3) is 3.81. The molecule has 0 fully saturated rings. The highest BCUT2D eigenvalue weighted by molar-refractivity contribution is 5.94. The molecule has 0 aliphatic carbocycles. The van der Waals surface area contributed by atoms with Crippen molar-refractivity contribution < 1.29 is 9.18 Å². The summed E-state index contributed by atoms with van der Waals surface area (Å²) in [5, 5.41) is 3.15. The molecule has 4 heteroatoms. The topological polar surface area (TPSA) is 32.3 Å². The summed E-state index contributed by atoms with van der Waals surface area (Å²) in [5.74, 6) is -0.421. The Labute approximate surface area is 108 Å². The van der Waals surface area contributed by atoms with E-state index < -0.39 is 0 Å². The van der Waals surface area contributed by atoms with Gasteiger partial charge in [-0.3, -0.25) is 4.79 Å². The molecule has 0 heterocycles. The number of benzene rings is 1. The third-order valence-corrected chi connectivity index (χ3v) is 2.82. The molecular weight excluding hydrogens is 231 g/mol. The normalized spacial score (nSPS) is 12.2. The van der Waals surface area contributed by atoms with Crippen LogP contribution < -0.4 is 10.2 Å². The van der Waals surface area contributed by atoms with Gasteiger partial charge in [-0.05, 0) is 31.7 Å². The highest BCUT2D eigenvalue weighted by Crippen LogP contribution is 2.17. The van der Waals surface area contributed by atoms with Crippen molar-refractivity contribution in [3.8, 4) is 0 Å². The first kappa shape index (κ1) is 14.6. The molecule has 1 aromatic carbocycles. The van der Waals surface area contributed by atoms with Crippen molar-refractivity contribution in [3.05, 3.63) is 30.1 Å². The van der Waals surface area contributed by atoms with E-state index in [1.54, 1.807) is 17.0 Å². The lowest BCUT2D eigenvalue weighted by Crippen LogP contribution is -2.39. The number of amides is 1. The average molecular weight is 252 g/mol. The van der Waals surface area contributed by atoms with E-state index in [9.17, 15) is 9.18 Å². The molecule has 0 spiro atoms. The molecule has 0 saturated carbocycles. The molecule has 0 bridgehead atoms. The first-order valence-corrected chi connectivity index (χ1v) is 6.37. The molecule has 3 nitrogen and oxygen atoms in total. The van der Waals surface area contributed by atoms with Gasteiger partial charge in [0.25, 0.3) is 0 Å². The second-order valence-corrected chi connectivity index (χ2v) is 4.27. The summed E-state index contributed by atoms with van der Waals surface area (Å²) < 4.78 is 13.2. The molecule has 1 rings (SSSR count). The number of anilines is 1. The molecule has 18 heavy (non-hydrogen) atoms. The Hall–Kier alpha value is -1.42. The van der Waals surface area contributed by atoms with Crippen molar-refractivity contribution in [1.29, 1.82) is 0 Å². The Balaban J connectivity index is 2.79. The predicted octanol–water partition coefficient (Wildman–Crippen LogP) is 2.42. The van der Waals surface area contributed by atoms with Gasteiger partial charge in [0.2, 0.25) is 5.91 Å². The summed E-state index contributed by atoms with van der Waals surface area (Å²) in [7, 11) is 0. The largest absolute Gasteiger partial charge is 0.316 e. The number of halogens is 1. The maximum absolute atomic E-state index is 13.2. The Morgan fingerprint density at radius 2 is 2.17 bits per heavy atom. The van der Waals surface area contributed by atoms with Crippen LogP contribution in [-0.4, -0.2) is 25.5 Å². The van der Waals surface area contributed by atoms with Crippen molar-refractivity contribution in [1.82, 2.24) is 5.32 Å². The van der Waals surface area contributed by atoms with Crippen LogP contribution in [0.3, 0.4) is 0 Å². The Bertz CT molecular complexity index is 395. The highest BCUT2D eigenvalue weighted by atomic mass is 19.1. The van der Waals surface area contributed by atoms with E-state index in [4.69, 9.17) is 0 Å². The van der Waals surface area contributed by atoms with Crippen LogP contribution in [0.1, 0.15) is 20.8 Å². The summed E-state index contributed by atoms with van der Waals surface area (Å²) in [6.07, 6.45) is 0. The monoisotopic (exact) mass is 252 g/mol. The summed E-state index contributed by atoms with van der Waals surface area (Å²) in [6.45, 7) is 7.79. The third-order valence-electron chi connectivity index (χ3n) is 2.82. The minimum Gasteiger partial charge on any atom is -0.316 e. The van der Waals surface area contributed by atoms with Gasteiger partial charge in [-0.15, -0.1) is 0 Å². The van der Waals surface area contributed by atoms with Crippen molar-refractivity contribution in [2.24, 2.45) is 5.92 Å². The van der Waals surface area contributed by atoms with E-state index in [0.29, 0.717) is 18.8 Å². The van der Waals surface area contributed by atoms with Crippen molar-refractivity contribution in [2.45, 2.75) is 20.8 Å². The number of nitrogens with one attached hydrogen (secondary N) is 1. The lowest BCUT2D eigenvalue weighted by atomic mass is 10.1. The zero-order chi connectivity index (χ0) is 13.5. The zero-order valence-corrected chi connectivity index (χ0v) is 11.2. The van der Waals surface area contributed by atoms with Crippen LogP contribution in [-0.2, 0) is 4.79 Å². The number of hydrogen-bond donors (Lipinski definition) is 1. The van der Waals surface area contributed by atoms with Gasteiger partial charge in [-0.1, -0.05) is 19.9 Å². The zero-order valence-electron chi connectivity index (χ0n) is 11.2. The first-order valence-electron chi connectivity index (χ1n) is 6.37. The maximum atomic E-state index is 13.2. The van der Waals surface area contributed by atoms with Crippen molar-refractivity contribution in [2.75, 3.05) is 24.5 Å². The molecule has 1 amide bonds. The van der Waals surface area contributed by atoms with Crippen molar-refractivity contribution in [3.63, 3.8) is 0 Å². The van der Waals surface area contributed by atoms with Crippen LogP contribution in [0.4, 0.5) is 10.1 Å². The van der Waals surface area contributed by atoms with Gasteiger partial charge in [0.1, 0.15) is 5.82 Å². The van der Waals surface area contributed by atoms with Gasteiger partial charge in [0, 0.05) is 24.7 Å². The van der Waals surface area contributed by atoms with E-state index in [2.05, 4.69) is 5.32 Å². The van der Waals surface area contributed by atoms with E-state index in [-0.39, 0.29) is 17.6 Å². The van der Waals surface area contributed by atoms with E-state index in [0.717, 1.165) is 6.54 Å². The fourth-order valence-electron chi connectivity index (χ4n) is 1.82. The van der Waals surface area contributed by atoms with Crippen LogP contribution in [0.5, 0.6) is 0 Å². The number of carbonyl (C=O) groups is 1. The molecule has 0 saturated heterocycles. The molecule has 1 atom stereocenters. The highest BCUT2D eigenvalue weighted by Gasteiger charge is 2.20. The molecule has 100 valence electrons. The van der Waals surface area contributed by atoms with E-state index in [1.165, 1.54) is 12.1 Å². The van der Waals surface area contributed by atoms with Gasteiger partial charge in [-0.2, -0.15) is 0 Å². The first-order chi connectivity index (χ1) is 8.60. The summed E-state index contributed by atoms with van der Waals surface area (Å²) in [5.41, 5.74) is 0.617. The minimum atomic E-state index is -0.321. The van der Waals surface area contributed by atoms with Crippen LogP contribution in [0, 0.1) is 11.7 Å². The quantitative estimate of drug-likeness (QED) is 0.843. The average Bonchev–Trinajstić information content (AvgIpc) is 2.36. The standard InChI is InChI=1S/C14H21FN2O/c1-4-16-10-11(3)14(18)17(5-2)13-8-6-7-12(15)9-13/h6-9,11,16H,4-5,10H2,1-3H3. The van der Waals surface area contributed by atoms with E-state index >= 15 is 0 Å². The lowest BCUT2D eigenvalue weighted by molar-refractivity contribution is -0.121. The van der Waals surface area contributed by atoms with E-state index in [1.807, 2.05) is 20.8 Å². The molecular formula is C14H21FN2O. The fraction of sp³-hybridized carbons (Fsp3) is 0.500. The fourth-order valence-corrected chi connectivity index (χ4v) is 1.82. The van der Waals surface area contributed by atoms with Crippen LogP contribution in [0.2, 0.25) is 0 Å². The Kier molecular flexibility index (Phi) is 5.78. The summed E-state index contributed by atoms with van der Waals surface area (Å²) in [4.78, 5) is 13.9. The second kappa shape index (κ2) is 7.11. The molecule has 0 radical (unpaired) electrons. The number of hydrogen-bond acceptors (Lipinski definition) is 2. The second-order valence-electron chi connectivity index (χ2n) is 4.27. The van der Waals surface area contributed by atoms with Gasteiger partial charge >= 0.3 is 0 Å². The molecule has 0 aliphatic heterocycles. The predicted molar refractivity (Wildman–Crippen MR) is 72.1 cm³/mol. The van der Waals surface area contributed by atoms with Gasteiger partial charge < -0.3 is 10.2 Å². The van der Waals surface area contributed by atoms with Crippen LogP contribution in [0.25, 0.3) is 0 Å². The molecule has 1 aromatic rings. The maximum Gasteiger partial charge on any atom is 0.231 e. The van der Waals surface area contributed by atoms with Crippen LogP contribution >= 0.6 is 0 Å². The minimum absolute atomic E-state index is 0.0176. The summed E-state index contributed by atoms with van der Waals surface area (Å²) in [6, 6.07) is 6.14. The lowest BCUT2D eigenvalue weighted by Gasteiger charge is -2.24. The Morgan fingerprint density at radius 1 is 1.44 bits per heavy atom. The number of carbonyl (C=O) groups excluding carboxylic acids is 1. The molecule has 1 unspecified atom stereocenters. The SMILES string of the molecule is CCNCC(C)C(=O)N(CC)c1cccc(F)c1. The molecule has 0 aliphatic rings. The van der Waals surface area contributed by atoms with Crippen LogP contribution in [0.15, 0.2) is 24.3 Å². The Morgan fingerprint density at radius 3 is 2.72 bits per heavy atom. The molecule has 1 N–H and O–H groups in total. The number of rotatable bonds is 6. The smallest absolute Gasteiger partial charge is 0.231 e. The van der Waals surface area contributed by atoms with Gasteiger partial charge in [0.05, 0.1) is 0 Å². The molecule has 0 aromatic heterocycles. The van der Waals surface area contributed by atoms with Crippen molar-refractivity contribution >= 4 is 11.6 Å². The van der Waals surface area contributed by atoms with Gasteiger partial charge in [0.15, 0.2) is 0 Å². The summed E-state index contributed by atoms with van der Waals surface area (Å²) >= 11 is 0. The van der Waals surface area contributed by atoms with Gasteiger partial charge in [-0.25, -0.2) is 4.39 Å².